The number of urea groups is 1. The van der Waals surface area contributed by atoms with Gasteiger partial charge in [0.2, 0.25) is 0 Å². The number of imide groups is 1. The zero-order valence-electron chi connectivity index (χ0n) is 14.5. The molecule has 3 rings (SSSR count). The molecular weight excluding hydrogens is 368 g/mol. The zero-order valence-corrected chi connectivity index (χ0v) is 14.5. The topological polar surface area (TPSA) is 80.3 Å². The number of halogens is 2. The van der Waals surface area contributed by atoms with Crippen molar-refractivity contribution in [3.8, 4) is 5.75 Å². The number of rotatable bonds is 5. The van der Waals surface area contributed by atoms with Crippen LogP contribution in [0, 0.1) is 11.6 Å². The van der Waals surface area contributed by atoms with Crippen LogP contribution in [0.1, 0.15) is 15.9 Å². The van der Waals surface area contributed by atoms with E-state index in [1.807, 2.05) is 11.4 Å². The Morgan fingerprint density at radius 3 is 2.32 bits per heavy atom. The molecule has 0 fully saturated rings. The smallest absolute Gasteiger partial charge is 0.326 e. The third-order valence-electron chi connectivity index (χ3n) is 3.66. The van der Waals surface area contributed by atoms with Crippen LogP contribution in [-0.2, 0) is 6.61 Å². The summed E-state index contributed by atoms with van der Waals surface area (Å²) < 4.78 is 32.7. The van der Waals surface area contributed by atoms with Crippen molar-refractivity contribution in [3.05, 3.63) is 89.8 Å². The molecule has 2 aromatic carbocycles. The number of amides is 3. The maximum Gasteiger partial charge on any atom is 0.326 e. The summed E-state index contributed by atoms with van der Waals surface area (Å²) in [6, 6.07) is 12.1. The molecular formula is C20H15F2N3O3. The van der Waals surface area contributed by atoms with Gasteiger partial charge in [0.15, 0.2) is 0 Å². The van der Waals surface area contributed by atoms with Crippen molar-refractivity contribution < 1.29 is 23.1 Å². The fraction of sp³-hybridized carbons (Fsp3) is 0.0500. The van der Waals surface area contributed by atoms with Crippen molar-refractivity contribution in [2.75, 3.05) is 5.32 Å². The van der Waals surface area contributed by atoms with Gasteiger partial charge < -0.3 is 10.1 Å². The van der Waals surface area contributed by atoms with E-state index in [-0.39, 0.29) is 0 Å². The molecule has 0 radical (unpaired) electrons. The number of anilines is 1. The van der Waals surface area contributed by atoms with Crippen LogP contribution >= 0.6 is 0 Å². The Kier molecular flexibility index (Phi) is 5.91. The van der Waals surface area contributed by atoms with E-state index >= 15 is 0 Å². The van der Waals surface area contributed by atoms with Gasteiger partial charge in [-0.15, -0.1) is 0 Å². The number of hydrogen-bond donors (Lipinski definition) is 2. The van der Waals surface area contributed by atoms with E-state index in [2.05, 4.69) is 10.3 Å². The first kappa shape index (κ1) is 19.0. The SMILES string of the molecule is O=C(NC(=O)c1c(F)cccc1F)Nc1ccc(OCc2cccnc2)cc1. The lowest BCUT2D eigenvalue weighted by Gasteiger charge is -2.09. The minimum Gasteiger partial charge on any atom is -0.489 e. The van der Waals surface area contributed by atoms with Gasteiger partial charge in [-0.1, -0.05) is 12.1 Å². The van der Waals surface area contributed by atoms with Gasteiger partial charge in [-0.05, 0) is 42.5 Å². The summed E-state index contributed by atoms with van der Waals surface area (Å²) >= 11 is 0. The predicted molar refractivity (Wildman–Crippen MR) is 97.9 cm³/mol. The molecule has 6 nitrogen and oxygen atoms in total. The van der Waals surface area contributed by atoms with Crippen molar-refractivity contribution in [1.29, 1.82) is 0 Å². The molecule has 2 N–H and O–H groups in total. The van der Waals surface area contributed by atoms with Gasteiger partial charge in [0.1, 0.15) is 29.6 Å². The lowest BCUT2D eigenvalue weighted by atomic mass is 10.2. The Labute approximate surface area is 159 Å². The molecule has 0 saturated heterocycles. The number of aromatic nitrogens is 1. The van der Waals surface area contributed by atoms with E-state index in [1.54, 1.807) is 42.7 Å². The Hall–Kier alpha value is -3.81. The zero-order chi connectivity index (χ0) is 19.9. The molecule has 0 aliphatic carbocycles. The molecule has 28 heavy (non-hydrogen) atoms. The minimum absolute atomic E-state index is 0.337. The van der Waals surface area contributed by atoms with Crippen LogP contribution in [0.15, 0.2) is 67.0 Å². The highest BCUT2D eigenvalue weighted by atomic mass is 19.1. The number of hydrogen-bond acceptors (Lipinski definition) is 4. The number of ether oxygens (including phenoxy) is 1. The Morgan fingerprint density at radius 2 is 1.68 bits per heavy atom. The molecule has 8 heteroatoms. The van der Waals surface area contributed by atoms with Crippen LogP contribution in [0.25, 0.3) is 0 Å². The van der Waals surface area contributed by atoms with Gasteiger partial charge in [0.25, 0.3) is 5.91 Å². The monoisotopic (exact) mass is 383 g/mol. The van der Waals surface area contributed by atoms with E-state index in [1.165, 1.54) is 0 Å². The molecule has 3 aromatic rings. The van der Waals surface area contributed by atoms with Crippen LogP contribution in [-0.4, -0.2) is 16.9 Å². The largest absolute Gasteiger partial charge is 0.489 e. The normalized spacial score (nSPS) is 10.2. The second kappa shape index (κ2) is 8.72. The molecule has 0 atom stereocenters. The fourth-order valence-corrected chi connectivity index (χ4v) is 2.33. The molecule has 0 unspecified atom stereocenters. The number of benzene rings is 2. The first-order valence-corrected chi connectivity index (χ1v) is 8.21. The van der Waals surface area contributed by atoms with Crippen molar-refractivity contribution in [2.45, 2.75) is 6.61 Å². The molecule has 1 aromatic heterocycles. The summed E-state index contributed by atoms with van der Waals surface area (Å²) in [7, 11) is 0. The number of nitrogens with zero attached hydrogens (tertiary/aromatic N) is 1. The maximum absolute atomic E-state index is 13.6. The maximum atomic E-state index is 13.6. The lowest BCUT2D eigenvalue weighted by Crippen LogP contribution is -2.35. The Bertz CT molecular complexity index is 959. The molecule has 0 aliphatic rings. The predicted octanol–water partition coefficient (Wildman–Crippen LogP) is 3.90. The quantitative estimate of drug-likeness (QED) is 0.700. The van der Waals surface area contributed by atoms with E-state index in [0.717, 1.165) is 23.8 Å². The van der Waals surface area contributed by atoms with Gasteiger partial charge >= 0.3 is 6.03 Å². The number of carbonyl (C=O) groups excluding carboxylic acids is 2. The van der Waals surface area contributed by atoms with Gasteiger partial charge in [0, 0.05) is 23.6 Å². The molecule has 142 valence electrons. The van der Waals surface area contributed by atoms with Gasteiger partial charge in [-0.3, -0.25) is 15.1 Å². The summed E-state index contributed by atoms with van der Waals surface area (Å²) in [4.78, 5) is 27.8. The molecule has 0 aliphatic heterocycles. The van der Waals surface area contributed by atoms with Crippen LogP contribution in [0.5, 0.6) is 5.75 Å². The van der Waals surface area contributed by atoms with Crippen LogP contribution in [0.2, 0.25) is 0 Å². The van der Waals surface area contributed by atoms with E-state index < -0.39 is 29.1 Å². The van der Waals surface area contributed by atoms with Crippen LogP contribution in [0.3, 0.4) is 0 Å². The van der Waals surface area contributed by atoms with E-state index in [4.69, 9.17) is 4.74 Å². The minimum atomic E-state index is -1.18. The van der Waals surface area contributed by atoms with Gasteiger partial charge in [-0.25, -0.2) is 13.6 Å². The van der Waals surface area contributed by atoms with E-state index in [0.29, 0.717) is 18.0 Å². The summed E-state index contributed by atoms with van der Waals surface area (Å²) in [5.41, 5.74) is 0.452. The van der Waals surface area contributed by atoms with Crippen molar-refractivity contribution in [2.24, 2.45) is 0 Å². The molecule has 0 saturated carbocycles. The highest BCUT2D eigenvalue weighted by molar-refractivity contribution is 6.08. The number of pyridine rings is 1. The highest BCUT2D eigenvalue weighted by Crippen LogP contribution is 2.17. The molecule has 3 amide bonds. The second-order valence-corrected chi connectivity index (χ2v) is 5.68. The molecule has 0 spiro atoms. The molecule has 0 bridgehead atoms. The summed E-state index contributed by atoms with van der Waals surface area (Å²) in [6.07, 6.45) is 3.36. The van der Waals surface area contributed by atoms with Gasteiger partial charge in [0.05, 0.1) is 0 Å². The Balaban J connectivity index is 1.55. The summed E-state index contributed by atoms with van der Waals surface area (Å²) in [5.74, 6) is -2.72. The summed E-state index contributed by atoms with van der Waals surface area (Å²) in [5, 5.41) is 4.28. The number of nitrogens with one attached hydrogen (secondary N) is 2. The third-order valence-corrected chi connectivity index (χ3v) is 3.66. The lowest BCUT2D eigenvalue weighted by molar-refractivity contribution is 0.0959. The van der Waals surface area contributed by atoms with Crippen molar-refractivity contribution in [3.63, 3.8) is 0 Å². The summed E-state index contributed by atoms with van der Waals surface area (Å²) in [6.45, 7) is 0.337. The van der Waals surface area contributed by atoms with Crippen molar-refractivity contribution >= 4 is 17.6 Å². The van der Waals surface area contributed by atoms with Crippen molar-refractivity contribution in [1.82, 2.24) is 10.3 Å². The average Bonchev–Trinajstić information content (AvgIpc) is 2.68. The first-order chi connectivity index (χ1) is 13.5. The van der Waals surface area contributed by atoms with E-state index in [9.17, 15) is 18.4 Å². The first-order valence-electron chi connectivity index (χ1n) is 8.21. The van der Waals surface area contributed by atoms with Crippen LogP contribution in [0.4, 0.5) is 19.3 Å². The van der Waals surface area contributed by atoms with Gasteiger partial charge in [-0.2, -0.15) is 0 Å². The third kappa shape index (κ3) is 4.88. The highest BCUT2D eigenvalue weighted by Gasteiger charge is 2.19. The van der Waals surface area contributed by atoms with Crippen LogP contribution < -0.4 is 15.4 Å². The molecule has 1 heterocycles. The fourth-order valence-electron chi connectivity index (χ4n) is 2.33. The second-order valence-electron chi connectivity index (χ2n) is 5.68. The standard InChI is InChI=1S/C20H15F2N3O3/c21-16-4-1-5-17(22)18(16)19(26)25-20(27)24-14-6-8-15(9-7-14)28-12-13-3-2-10-23-11-13/h1-11H,12H2,(H2,24,25,26,27). The average molecular weight is 383 g/mol. The Morgan fingerprint density at radius 1 is 0.964 bits per heavy atom. The number of carbonyl (C=O) groups is 2.